The Hall–Kier alpha value is -2.30. The van der Waals surface area contributed by atoms with Gasteiger partial charge in [0.2, 0.25) is 0 Å². The molecule has 1 aromatic heterocycles. The quantitative estimate of drug-likeness (QED) is 0.645. The number of rotatable bonds is 2. The zero-order chi connectivity index (χ0) is 17.9. The van der Waals surface area contributed by atoms with Crippen molar-refractivity contribution in [1.82, 2.24) is 0 Å². The number of anilines is 1. The monoisotopic (exact) mass is 361 g/mol. The molecule has 1 saturated heterocycles. The third-order valence-corrected chi connectivity index (χ3v) is 7.02. The summed E-state index contributed by atoms with van der Waals surface area (Å²) in [5, 5.41) is 19.7. The molecule has 3 nitrogen and oxygen atoms in total. The van der Waals surface area contributed by atoms with Crippen molar-refractivity contribution in [3.8, 4) is 12.1 Å². The van der Waals surface area contributed by atoms with Crippen LogP contribution in [0, 0.1) is 28.6 Å². The Balaban J connectivity index is 1.61. The average Bonchev–Trinajstić information content (AvgIpc) is 3.19. The van der Waals surface area contributed by atoms with Crippen LogP contribution in [-0.4, -0.2) is 13.1 Å². The number of fused-ring (bicyclic) bond motifs is 1. The lowest BCUT2D eigenvalue weighted by Crippen LogP contribution is -2.28. The highest BCUT2D eigenvalue weighted by Crippen LogP contribution is 2.43. The van der Waals surface area contributed by atoms with Crippen molar-refractivity contribution in [1.29, 1.82) is 10.5 Å². The molecule has 4 rings (SSSR count). The molecule has 2 aliphatic carbocycles. The molecule has 0 bridgehead atoms. The maximum atomic E-state index is 9.15. The first-order valence-corrected chi connectivity index (χ1v) is 10.4. The normalized spacial score (nSPS) is 22.6. The summed E-state index contributed by atoms with van der Waals surface area (Å²) in [6, 6.07) is 8.65. The van der Waals surface area contributed by atoms with Crippen LogP contribution in [0.3, 0.4) is 0 Å². The van der Waals surface area contributed by atoms with Crippen molar-refractivity contribution >= 4 is 21.9 Å². The van der Waals surface area contributed by atoms with Crippen LogP contribution in [0.1, 0.15) is 49.8 Å². The molecule has 0 spiro atoms. The molecular formula is C22H23N3S. The number of nitrogens with zero attached hydrogens (tertiary/aromatic N) is 3. The van der Waals surface area contributed by atoms with Gasteiger partial charge in [-0.1, -0.05) is 12.2 Å². The highest BCUT2D eigenvalue weighted by molar-refractivity contribution is 7.17. The minimum absolute atomic E-state index is 0.278. The number of thiophene rings is 1. The van der Waals surface area contributed by atoms with Gasteiger partial charge in [0.1, 0.15) is 17.7 Å². The van der Waals surface area contributed by atoms with Crippen LogP contribution < -0.4 is 4.90 Å². The second-order valence-corrected chi connectivity index (χ2v) is 8.46. The molecule has 1 aliphatic heterocycles. The number of piperidine rings is 1. The van der Waals surface area contributed by atoms with Crippen LogP contribution >= 0.6 is 11.3 Å². The summed E-state index contributed by atoms with van der Waals surface area (Å²) in [6.45, 7) is 2.37. The molecule has 132 valence electrons. The summed E-state index contributed by atoms with van der Waals surface area (Å²) in [5.41, 5.74) is 3.92. The zero-order valence-electron chi connectivity index (χ0n) is 15.0. The van der Waals surface area contributed by atoms with E-state index in [0.717, 1.165) is 24.8 Å². The van der Waals surface area contributed by atoms with Crippen molar-refractivity contribution in [3.63, 3.8) is 0 Å². The lowest BCUT2D eigenvalue weighted by Gasteiger charge is -2.29. The largest absolute Gasteiger partial charge is 0.363 e. The van der Waals surface area contributed by atoms with Crippen molar-refractivity contribution in [2.75, 3.05) is 18.0 Å². The van der Waals surface area contributed by atoms with Gasteiger partial charge in [0, 0.05) is 18.0 Å². The minimum atomic E-state index is 0.278. The Bertz CT molecular complexity index is 850. The Morgan fingerprint density at radius 2 is 1.77 bits per heavy atom. The summed E-state index contributed by atoms with van der Waals surface area (Å²) >= 11 is 1.92. The third kappa shape index (κ3) is 3.35. The van der Waals surface area contributed by atoms with Crippen molar-refractivity contribution in [2.45, 2.75) is 44.9 Å². The molecule has 4 heteroatoms. The Kier molecular flexibility index (Phi) is 4.96. The Morgan fingerprint density at radius 3 is 2.54 bits per heavy atom. The highest BCUT2D eigenvalue weighted by atomic mass is 32.1. The van der Waals surface area contributed by atoms with Gasteiger partial charge in [-0.25, -0.2) is 0 Å². The van der Waals surface area contributed by atoms with E-state index in [4.69, 9.17) is 10.5 Å². The molecule has 0 aromatic carbocycles. The molecule has 1 unspecified atom stereocenters. The molecule has 0 radical (unpaired) electrons. The first kappa shape index (κ1) is 17.1. The van der Waals surface area contributed by atoms with Gasteiger partial charge in [-0.2, -0.15) is 10.5 Å². The molecule has 1 atom stereocenters. The smallest absolute Gasteiger partial charge is 0.132 e. The van der Waals surface area contributed by atoms with E-state index in [1.165, 1.54) is 59.8 Å². The van der Waals surface area contributed by atoms with Crippen molar-refractivity contribution < 1.29 is 0 Å². The fourth-order valence-electron chi connectivity index (χ4n) is 4.31. The summed E-state index contributed by atoms with van der Waals surface area (Å²) in [6.07, 6.45) is 12.6. The van der Waals surface area contributed by atoms with Gasteiger partial charge >= 0.3 is 0 Å². The molecule has 26 heavy (non-hydrogen) atoms. The summed E-state index contributed by atoms with van der Waals surface area (Å²) in [7, 11) is 0. The molecule has 1 fully saturated rings. The molecule has 3 aliphatic rings. The van der Waals surface area contributed by atoms with E-state index in [9.17, 15) is 0 Å². The number of hydrogen-bond donors (Lipinski definition) is 0. The van der Waals surface area contributed by atoms with E-state index < -0.39 is 0 Å². The van der Waals surface area contributed by atoms with Gasteiger partial charge in [0.15, 0.2) is 0 Å². The first-order valence-electron chi connectivity index (χ1n) is 9.59. The second-order valence-electron chi connectivity index (χ2n) is 7.40. The fraction of sp³-hybridized carbons (Fsp3) is 0.455. The van der Waals surface area contributed by atoms with Crippen LogP contribution in [0.25, 0.3) is 5.57 Å². The standard InChI is InChI=1S/C22H23N3S/c23-14-20(15-24)17-6-4-16-5-7-18(13-19(16)12-17)21-8-9-22(26-21)25-10-2-1-3-11-25/h8-9,12-13,16H,1-7,10-11H2. The van der Waals surface area contributed by atoms with E-state index in [1.807, 2.05) is 23.5 Å². The van der Waals surface area contributed by atoms with Crippen LogP contribution in [0.15, 0.2) is 41.0 Å². The minimum Gasteiger partial charge on any atom is -0.363 e. The zero-order valence-corrected chi connectivity index (χ0v) is 15.8. The molecule has 0 saturated carbocycles. The van der Waals surface area contributed by atoms with Crippen molar-refractivity contribution in [3.05, 3.63) is 45.9 Å². The number of allylic oxidation sites excluding steroid dienone is 6. The topological polar surface area (TPSA) is 50.8 Å². The molecule has 0 amide bonds. The van der Waals surface area contributed by atoms with Gasteiger partial charge in [-0.05, 0) is 79.7 Å². The predicted octanol–water partition coefficient (Wildman–Crippen LogP) is 5.60. The maximum Gasteiger partial charge on any atom is 0.132 e. The number of nitriles is 2. The lowest BCUT2D eigenvalue weighted by atomic mass is 9.76. The average molecular weight is 362 g/mol. The van der Waals surface area contributed by atoms with Crippen molar-refractivity contribution in [2.24, 2.45) is 5.92 Å². The Morgan fingerprint density at radius 1 is 1.00 bits per heavy atom. The second kappa shape index (κ2) is 7.52. The van der Waals surface area contributed by atoms with E-state index in [1.54, 1.807) is 0 Å². The van der Waals surface area contributed by atoms with Gasteiger partial charge in [-0.15, -0.1) is 11.3 Å². The van der Waals surface area contributed by atoms with E-state index in [2.05, 4.69) is 29.2 Å². The van der Waals surface area contributed by atoms with Gasteiger partial charge in [0.05, 0.1) is 5.00 Å². The predicted molar refractivity (Wildman–Crippen MR) is 107 cm³/mol. The summed E-state index contributed by atoms with van der Waals surface area (Å²) in [4.78, 5) is 3.90. The summed E-state index contributed by atoms with van der Waals surface area (Å²) in [5.74, 6) is 0.586. The molecular weight excluding hydrogens is 338 g/mol. The van der Waals surface area contributed by atoms with Gasteiger partial charge in [-0.3, -0.25) is 0 Å². The molecule has 1 aromatic rings. The third-order valence-electron chi connectivity index (χ3n) is 5.80. The number of hydrogen-bond acceptors (Lipinski definition) is 4. The van der Waals surface area contributed by atoms with Crippen LogP contribution in [0.5, 0.6) is 0 Å². The lowest BCUT2D eigenvalue weighted by molar-refractivity contribution is 0.512. The molecule has 0 N–H and O–H groups in total. The molecule has 2 heterocycles. The van der Waals surface area contributed by atoms with E-state index >= 15 is 0 Å². The maximum absolute atomic E-state index is 9.15. The van der Waals surface area contributed by atoms with E-state index in [-0.39, 0.29) is 5.57 Å². The Labute approximate surface area is 159 Å². The van der Waals surface area contributed by atoms with Crippen LogP contribution in [-0.2, 0) is 0 Å². The highest BCUT2D eigenvalue weighted by Gasteiger charge is 2.25. The van der Waals surface area contributed by atoms with Gasteiger partial charge in [0.25, 0.3) is 0 Å². The fourth-order valence-corrected chi connectivity index (χ4v) is 5.41. The van der Waals surface area contributed by atoms with Gasteiger partial charge < -0.3 is 4.90 Å². The first-order chi connectivity index (χ1) is 12.8. The SMILES string of the molecule is N#CC(C#N)=C1C=C2C=C(c3ccc(N4CCCCC4)s3)CCC2CC1. The van der Waals surface area contributed by atoms with Crippen LogP contribution in [0.2, 0.25) is 0 Å². The summed E-state index contributed by atoms with van der Waals surface area (Å²) < 4.78 is 0. The van der Waals surface area contributed by atoms with E-state index in [0.29, 0.717) is 5.92 Å². The van der Waals surface area contributed by atoms with Crippen LogP contribution in [0.4, 0.5) is 5.00 Å².